The first-order valence-electron chi connectivity index (χ1n) is 9.25. The minimum absolute atomic E-state index is 0.281. The number of hydrazone groups is 2. The Morgan fingerprint density at radius 2 is 1.17 bits per heavy atom. The van der Waals surface area contributed by atoms with Crippen molar-refractivity contribution in [1.82, 2.24) is 10.9 Å². The van der Waals surface area contributed by atoms with Gasteiger partial charge in [-0.3, -0.25) is 9.98 Å². The molecule has 3 rings (SSSR count). The summed E-state index contributed by atoms with van der Waals surface area (Å²) in [5.74, 6) is 0.563. The highest BCUT2D eigenvalue weighted by molar-refractivity contribution is 6.01. The van der Waals surface area contributed by atoms with Gasteiger partial charge in [0.1, 0.15) is 0 Å². The SMILES string of the molecule is CN=C(N)N/N=C(/C)c1ccc2c(c1)Cc1cc(/C(C)=N/NC(N)=NC)ccc1-2. The average molecular weight is 390 g/mol. The summed E-state index contributed by atoms with van der Waals surface area (Å²) < 4.78 is 0. The molecule has 8 heteroatoms. The predicted octanol–water partition coefficient (Wildman–Crippen LogP) is 1.77. The van der Waals surface area contributed by atoms with Crippen LogP contribution in [-0.2, 0) is 6.42 Å². The van der Waals surface area contributed by atoms with Crippen molar-refractivity contribution in [2.75, 3.05) is 14.1 Å². The summed E-state index contributed by atoms with van der Waals surface area (Å²) in [5, 5.41) is 8.57. The van der Waals surface area contributed by atoms with Crippen molar-refractivity contribution in [2.45, 2.75) is 20.3 Å². The Labute approximate surface area is 170 Å². The summed E-state index contributed by atoms with van der Waals surface area (Å²) in [6.07, 6.45) is 0.866. The quantitative estimate of drug-likeness (QED) is 0.308. The number of nitrogens with one attached hydrogen (secondary N) is 2. The van der Waals surface area contributed by atoms with Gasteiger partial charge in [-0.1, -0.05) is 24.3 Å². The molecule has 0 aromatic heterocycles. The van der Waals surface area contributed by atoms with Gasteiger partial charge in [0.15, 0.2) is 0 Å². The van der Waals surface area contributed by atoms with Gasteiger partial charge in [0, 0.05) is 14.1 Å². The van der Waals surface area contributed by atoms with Crippen molar-refractivity contribution < 1.29 is 0 Å². The lowest BCUT2D eigenvalue weighted by molar-refractivity contribution is 0.997. The van der Waals surface area contributed by atoms with Crippen molar-refractivity contribution in [2.24, 2.45) is 31.7 Å². The van der Waals surface area contributed by atoms with Crippen LogP contribution in [0, 0.1) is 0 Å². The molecule has 2 aromatic rings. The van der Waals surface area contributed by atoms with Crippen LogP contribution < -0.4 is 22.3 Å². The van der Waals surface area contributed by atoms with Gasteiger partial charge in [-0.2, -0.15) is 10.2 Å². The minimum atomic E-state index is 0.281. The fourth-order valence-electron chi connectivity index (χ4n) is 3.17. The summed E-state index contributed by atoms with van der Waals surface area (Å²) >= 11 is 0. The lowest BCUT2D eigenvalue weighted by Crippen LogP contribution is -2.27. The molecule has 0 spiro atoms. The third-order valence-corrected chi connectivity index (χ3v) is 4.88. The Hall–Kier alpha value is -3.68. The van der Waals surface area contributed by atoms with E-state index < -0.39 is 0 Å². The molecule has 0 heterocycles. The normalized spacial score (nSPS) is 14.5. The van der Waals surface area contributed by atoms with E-state index in [2.05, 4.69) is 67.4 Å². The molecule has 0 aliphatic heterocycles. The number of nitrogens with zero attached hydrogens (tertiary/aromatic N) is 4. The second-order valence-corrected chi connectivity index (χ2v) is 6.76. The number of hydrogen-bond donors (Lipinski definition) is 4. The molecule has 0 saturated heterocycles. The van der Waals surface area contributed by atoms with Crippen LogP contribution in [0.4, 0.5) is 0 Å². The van der Waals surface area contributed by atoms with E-state index in [1.54, 1.807) is 14.1 Å². The first-order valence-corrected chi connectivity index (χ1v) is 9.25. The second-order valence-electron chi connectivity index (χ2n) is 6.76. The van der Waals surface area contributed by atoms with Crippen LogP contribution in [0.1, 0.15) is 36.1 Å². The number of aliphatic imine (C=N–C) groups is 2. The molecular formula is C21H26N8. The average Bonchev–Trinajstić information content (AvgIpc) is 3.11. The molecular weight excluding hydrogens is 364 g/mol. The molecule has 2 aromatic carbocycles. The lowest BCUT2D eigenvalue weighted by atomic mass is 10.0. The van der Waals surface area contributed by atoms with Gasteiger partial charge in [0.05, 0.1) is 11.4 Å². The van der Waals surface area contributed by atoms with Crippen LogP contribution in [0.3, 0.4) is 0 Å². The van der Waals surface area contributed by atoms with Gasteiger partial charge >= 0.3 is 0 Å². The van der Waals surface area contributed by atoms with E-state index >= 15 is 0 Å². The maximum atomic E-state index is 5.64. The Bertz CT molecular complexity index is 963. The summed E-state index contributed by atoms with van der Waals surface area (Å²) in [6.45, 7) is 3.88. The van der Waals surface area contributed by atoms with Crippen LogP contribution >= 0.6 is 0 Å². The predicted molar refractivity (Wildman–Crippen MR) is 120 cm³/mol. The van der Waals surface area contributed by atoms with Crippen molar-refractivity contribution in [3.8, 4) is 11.1 Å². The van der Waals surface area contributed by atoms with E-state index in [-0.39, 0.29) is 11.9 Å². The fraction of sp³-hybridized carbons (Fsp3) is 0.238. The number of nitrogens with two attached hydrogens (primary N) is 2. The maximum Gasteiger partial charge on any atom is 0.209 e. The van der Waals surface area contributed by atoms with Crippen LogP contribution in [0.2, 0.25) is 0 Å². The van der Waals surface area contributed by atoms with Gasteiger partial charge in [-0.15, -0.1) is 0 Å². The Morgan fingerprint density at radius 3 is 1.55 bits per heavy atom. The number of benzene rings is 2. The van der Waals surface area contributed by atoms with Crippen molar-refractivity contribution in [3.63, 3.8) is 0 Å². The third kappa shape index (κ3) is 4.43. The molecule has 0 fully saturated rings. The van der Waals surface area contributed by atoms with Crippen molar-refractivity contribution in [3.05, 3.63) is 58.7 Å². The summed E-state index contributed by atoms with van der Waals surface area (Å²) in [7, 11) is 3.23. The zero-order chi connectivity index (χ0) is 21.0. The highest BCUT2D eigenvalue weighted by Gasteiger charge is 2.19. The molecule has 6 N–H and O–H groups in total. The first kappa shape index (κ1) is 20.1. The van der Waals surface area contributed by atoms with E-state index in [1.165, 1.54) is 22.3 Å². The molecule has 150 valence electrons. The molecule has 0 unspecified atom stereocenters. The molecule has 0 saturated carbocycles. The van der Waals surface area contributed by atoms with Gasteiger partial charge in [0.25, 0.3) is 0 Å². The molecule has 8 nitrogen and oxygen atoms in total. The van der Waals surface area contributed by atoms with Crippen LogP contribution in [0.5, 0.6) is 0 Å². The minimum Gasteiger partial charge on any atom is -0.369 e. The van der Waals surface area contributed by atoms with Crippen LogP contribution in [0.15, 0.2) is 56.6 Å². The highest BCUT2D eigenvalue weighted by Crippen LogP contribution is 2.37. The smallest absolute Gasteiger partial charge is 0.209 e. The summed E-state index contributed by atoms with van der Waals surface area (Å²) in [5.41, 5.74) is 25.6. The maximum absolute atomic E-state index is 5.64. The molecule has 0 bridgehead atoms. The van der Waals surface area contributed by atoms with Crippen molar-refractivity contribution >= 4 is 23.3 Å². The molecule has 0 atom stereocenters. The van der Waals surface area contributed by atoms with Crippen LogP contribution in [-0.4, -0.2) is 37.4 Å². The zero-order valence-corrected chi connectivity index (χ0v) is 17.1. The molecule has 1 aliphatic carbocycles. The fourth-order valence-corrected chi connectivity index (χ4v) is 3.17. The van der Waals surface area contributed by atoms with Gasteiger partial charge < -0.3 is 11.5 Å². The zero-order valence-electron chi connectivity index (χ0n) is 17.1. The van der Waals surface area contributed by atoms with Gasteiger partial charge in [-0.05, 0) is 65.8 Å². The van der Waals surface area contributed by atoms with Gasteiger partial charge in [-0.25, -0.2) is 10.9 Å². The Kier molecular flexibility index (Phi) is 5.92. The standard InChI is InChI=1S/C21H26N8/c1-12(26-28-20(22)24-3)14-5-7-18-16(9-14)11-17-10-15(6-8-19(17)18)13(2)27-29-21(23)25-4/h5-10H,11H2,1-4H3,(H3,22,24,28)(H3,23,25,29)/b26-12-,27-13+. The topological polar surface area (TPSA) is 126 Å². The van der Waals surface area contributed by atoms with E-state index in [0.29, 0.717) is 0 Å². The number of fused-ring (bicyclic) bond motifs is 3. The Morgan fingerprint density at radius 1 is 0.759 bits per heavy atom. The Balaban J connectivity index is 1.83. The van der Waals surface area contributed by atoms with Crippen LogP contribution in [0.25, 0.3) is 11.1 Å². The second kappa shape index (κ2) is 8.55. The monoisotopic (exact) mass is 390 g/mol. The molecule has 0 amide bonds. The lowest BCUT2D eigenvalue weighted by Gasteiger charge is -2.07. The molecule has 29 heavy (non-hydrogen) atoms. The highest BCUT2D eigenvalue weighted by atomic mass is 15.4. The van der Waals surface area contributed by atoms with Crippen molar-refractivity contribution in [1.29, 1.82) is 0 Å². The summed E-state index contributed by atoms with van der Waals surface area (Å²) in [6, 6.07) is 12.8. The number of guanidine groups is 2. The molecule has 1 aliphatic rings. The largest absolute Gasteiger partial charge is 0.369 e. The number of rotatable bonds is 4. The summed E-state index contributed by atoms with van der Waals surface area (Å²) in [4.78, 5) is 7.68. The van der Waals surface area contributed by atoms with E-state index in [4.69, 9.17) is 11.5 Å². The first-order chi connectivity index (χ1) is 13.9. The molecule has 0 radical (unpaired) electrons. The van der Waals surface area contributed by atoms with E-state index in [1.807, 2.05) is 13.8 Å². The van der Waals surface area contributed by atoms with Gasteiger partial charge in [0.2, 0.25) is 11.9 Å². The number of hydrogen-bond acceptors (Lipinski definition) is 4. The van der Waals surface area contributed by atoms with E-state index in [9.17, 15) is 0 Å². The van der Waals surface area contributed by atoms with E-state index in [0.717, 1.165) is 29.0 Å². The third-order valence-electron chi connectivity index (χ3n) is 4.88.